The molecule has 0 aromatic rings. The molecule has 2 N–H and O–H groups in total. The van der Waals surface area contributed by atoms with E-state index in [1.54, 1.807) is 0 Å². The number of rotatable bonds is 4. The molecule has 1 unspecified atom stereocenters. The summed E-state index contributed by atoms with van der Waals surface area (Å²) in [5.74, 6) is 0.707. The number of nitrogens with zero attached hydrogens (tertiary/aromatic N) is 1. The van der Waals surface area contributed by atoms with Gasteiger partial charge in [0.05, 0.1) is 6.04 Å². The van der Waals surface area contributed by atoms with Crippen molar-refractivity contribution in [3.8, 4) is 0 Å². The summed E-state index contributed by atoms with van der Waals surface area (Å²) in [5.41, 5.74) is 5.88. The third-order valence-electron chi connectivity index (χ3n) is 3.27. The second-order valence-electron chi connectivity index (χ2n) is 4.88. The summed E-state index contributed by atoms with van der Waals surface area (Å²) in [4.78, 5) is 14.1. The van der Waals surface area contributed by atoms with Gasteiger partial charge in [-0.25, -0.2) is 0 Å². The lowest BCUT2D eigenvalue weighted by molar-refractivity contribution is -0.134. The Hall–Kier alpha value is -0.570. The van der Waals surface area contributed by atoms with E-state index in [2.05, 4.69) is 20.8 Å². The predicted octanol–water partition coefficient (Wildman–Crippen LogP) is 1.76. The third-order valence-corrected chi connectivity index (χ3v) is 3.27. The first-order valence-corrected chi connectivity index (χ1v) is 6.14. The number of hydrogen-bond acceptors (Lipinski definition) is 2. The molecule has 1 heterocycles. The zero-order valence-electron chi connectivity index (χ0n) is 10.2. The third kappa shape index (κ3) is 2.94. The highest BCUT2D eigenvalue weighted by molar-refractivity contribution is 5.82. The monoisotopic (exact) mass is 212 g/mol. The van der Waals surface area contributed by atoms with Crippen LogP contribution in [0.2, 0.25) is 0 Å². The van der Waals surface area contributed by atoms with Crippen LogP contribution in [0.3, 0.4) is 0 Å². The number of carbonyl (C=O) groups is 1. The summed E-state index contributed by atoms with van der Waals surface area (Å²) >= 11 is 0. The summed E-state index contributed by atoms with van der Waals surface area (Å²) in [6, 6.07) is 0.134. The fraction of sp³-hybridized carbons (Fsp3) is 0.917. The first kappa shape index (κ1) is 12.5. The maximum atomic E-state index is 12.1. The quantitative estimate of drug-likeness (QED) is 0.772. The SMILES string of the molecule is CCC[C@H](N)C(=O)N1CCCC1C(C)C. The lowest BCUT2D eigenvalue weighted by atomic mass is 10.0. The summed E-state index contributed by atoms with van der Waals surface area (Å²) in [7, 11) is 0. The van der Waals surface area contributed by atoms with Crippen molar-refractivity contribution < 1.29 is 4.79 Å². The van der Waals surface area contributed by atoms with Gasteiger partial charge in [0.25, 0.3) is 0 Å². The van der Waals surface area contributed by atoms with E-state index in [4.69, 9.17) is 5.73 Å². The molecular weight excluding hydrogens is 188 g/mol. The van der Waals surface area contributed by atoms with Gasteiger partial charge in [0.15, 0.2) is 0 Å². The fourth-order valence-corrected chi connectivity index (χ4v) is 2.41. The Bertz CT molecular complexity index is 216. The molecule has 2 atom stereocenters. The molecule has 1 saturated heterocycles. The second kappa shape index (κ2) is 5.50. The Morgan fingerprint density at radius 3 is 2.73 bits per heavy atom. The van der Waals surface area contributed by atoms with Crippen molar-refractivity contribution in [1.29, 1.82) is 0 Å². The van der Waals surface area contributed by atoms with E-state index in [1.165, 1.54) is 0 Å². The summed E-state index contributed by atoms with van der Waals surface area (Å²) in [6.07, 6.45) is 4.06. The zero-order chi connectivity index (χ0) is 11.4. The molecular formula is C12H24N2O. The van der Waals surface area contributed by atoms with Crippen LogP contribution in [0.4, 0.5) is 0 Å². The maximum absolute atomic E-state index is 12.1. The minimum Gasteiger partial charge on any atom is -0.338 e. The van der Waals surface area contributed by atoms with Crippen LogP contribution in [0.15, 0.2) is 0 Å². The van der Waals surface area contributed by atoms with Crippen LogP contribution in [0.1, 0.15) is 46.5 Å². The molecule has 0 radical (unpaired) electrons. The van der Waals surface area contributed by atoms with Crippen molar-refractivity contribution in [2.24, 2.45) is 11.7 Å². The molecule has 1 aliphatic heterocycles. The van der Waals surface area contributed by atoms with Gasteiger partial charge in [-0.3, -0.25) is 4.79 Å². The lowest BCUT2D eigenvalue weighted by Crippen LogP contribution is -2.47. The van der Waals surface area contributed by atoms with Gasteiger partial charge in [-0.1, -0.05) is 27.2 Å². The highest BCUT2D eigenvalue weighted by Crippen LogP contribution is 2.24. The van der Waals surface area contributed by atoms with Gasteiger partial charge in [0, 0.05) is 12.6 Å². The summed E-state index contributed by atoms with van der Waals surface area (Å²) < 4.78 is 0. The molecule has 1 aliphatic rings. The highest BCUT2D eigenvalue weighted by Gasteiger charge is 2.32. The van der Waals surface area contributed by atoms with Crippen LogP contribution in [0.5, 0.6) is 0 Å². The molecule has 1 rings (SSSR count). The Balaban J connectivity index is 2.58. The van der Waals surface area contributed by atoms with Crippen LogP contribution in [0, 0.1) is 5.92 Å². The number of amides is 1. The van der Waals surface area contributed by atoms with Crippen LogP contribution >= 0.6 is 0 Å². The minimum absolute atomic E-state index is 0.160. The molecule has 1 amide bonds. The molecule has 3 nitrogen and oxygen atoms in total. The van der Waals surface area contributed by atoms with Crippen LogP contribution < -0.4 is 5.73 Å². The Morgan fingerprint density at radius 2 is 2.20 bits per heavy atom. The van der Waals surface area contributed by atoms with Gasteiger partial charge in [0.2, 0.25) is 5.91 Å². The molecule has 0 spiro atoms. The molecule has 0 aromatic carbocycles. The van der Waals surface area contributed by atoms with Crippen LogP contribution in [0.25, 0.3) is 0 Å². The van der Waals surface area contributed by atoms with Crippen molar-refractivity contribution in [2.45, 2.75) is 58.5 Å². The second-order valence-corrected chi connectivity index (χ2v) is 4.88. The average Bonchev–Trinajstić information content (AvgIpc) is 2.65. The van der Waals surface area contributed by atoms with E-state index in [-0.39, 0.29) is 11.9 Å². The molecule has 88 valence electrons. The standard InChI is InChI=1S/C12H24N2O/c1-4-6-10(13)12(15)14-8-5-7-11(14)9(2)3/h9-11H,4-8,13H2,1-3H3/t10-,11?/m0/s1. The van der Waals surface area contributed by atoms with Crippen molar-refractivity contribution in [1.82, 2.24) is 4.90 Å². The smallest absolute Gasteiger partial charge is 0.239 e. The first-order valence-electron chi connectivity index (χ1n) is 6.14. The average molecular weight is 212 g/mol. The van der Waals surface area contributed by atoms with Gasteiger partial charge in [0.1, 0.15) is 0 Å². The molecule has 3 heteroatoms. The number of likely N-dealkylation sites (tertiary alicyclic amines) is 1. The van der Waals surface area contributed by atoms with Gasteiger partial charge < -0.3 is 10.6 Å². The Labute approximate surface area is 93.0 Å². The van der Waals surface area contributed by atoms with E-state index < -0.39 is 0 Å². The van der Waals surface area contributed by atoms with Crippen LogP contribution in [-0.2, 0) is 4.79 Å². The van der Waals surface area contributed by atoms with Crippen molar-refractivity contribution in [3.63, 3.8) is 0 Å². The van der Waals surface area contributed by atoms with Crippen molar-refractivity contribution in [2.75, 3.05) is 6.54 Å². The van der Waals surface area contributed by atoms with Crippen LogP contribution in [-0.4, -0.2) is 29.4 Å². The molecule has 15 heavy (non-hydrogen) atoms. The predicted molar refractivity (Wildman–Crippen MR) is 62.5 cm³/mol. The Kier molecular flexibility index (Phi) is 4.58. The lowest BCUT2D eigenvalue weighted by Gasteiger charge is -2.29. The van der Waals surface area contributed by atoms with Crippen molar-refractivity contribution in [3.05, 3.63) is 0 Å². The maximum Gasteiger partial charge on any atom is 0.239 e. The van der Waals surface area contributed by atoms with Gasteiger partial charge in [-0.05, 0) is 25.2 Å². The molecule has 1 fully saturated rings. The summed E-state index contributed by atoms with van der Waals surface area (Å²) in [6.45, 7) is 7.33. The number of nitrogens with two attached hydrogens (primary N) is 1. The Morgan fingerprint density at radius 1 is 1.53 bits per heavy atom. The minimum atomic E-state index is -0.283. The van der Waals surface area contributed by atoms with E-state index in [0.717, 1.165) is 32.2 Å². The number of hydrogen-bond donors (Lipinski definition) is 1. The normalized spacial score (nSPS) is 23.5. The van der Waals surface area contributed by atoms with E-state index in [9.17, 15) is 4.79 Å². The van der Waals surface area contributed by atoms with E-state index >= 15 is 0 Å². The van der Waals surface area contributed by atoms with Gasteiger partial charge in [-0.2, -0.15) is 0 Å². The summed E-state index contributed by atoms with van der Waals surface area (Å²) in [5, 5.41) is 0. The number of carbonyl (C=O) groups excluding carboxylic acids is 1. The molecule has 0 saturated carbocycles. The zero-order valence-corrected chi connectivity index (χ0v) is 10.2. The van der Waals surface area contributed by atoms with E-state index in [0.29, 0.717) is 12.0 Å². The van der Waals surface area contributed by atoms with Gasteiger partial charge >= 0.3 is 0 Å². The largest absolute Gasteiger partial charge is 0.338 e. The topological polar surface area (TPSA) is 46.3 Å². The van der Waals surface area contributed by atoms with Crippen molar-refractivity contribution >= 4 is 5.91 Å². The molecule has 0 bridgehead atoms. The van der Waals surface area contributed by atoms with E-state index in [1.807, 2.05) is 4.90 Å². The fourth-order valence-electron chi connectivity index (χ4n) is 2.41. The molecule has 0 aromatic heterocycles. The highest BCUT2D eigenvalue weighted by atomic mass is 16.2. The first-order chi connectivity index (χ1) is 7.07. The van der Waals surface area contributed by atoms with Gasteiger partial charge in [-0.15, -0.1) is 0 Å². The molecule has 0 aliphatic carbocycles.